The standard InChI is InChI=1S/C17H14Cl2N4O4/c18-11-5-6-13(12(19)10-11)27-9-3-7-20-16-15(23(25)26)17(24)22-8-2-1-4-14(22)21-16/h1-2,4-6,8,10,20H,3,7,9H2. The van der Waals surface area contributed by atoms with E-state index >= 15 is 0 Å². The quantitative estimate of drug-likeness (QED) is 0.362. The van der Waals surface area contributed by atoms with Gasteiger partial charge < -0.3 is 10.1 Å². The Morgan fingerprint density at radius 1 is 1.26 bits per heavy atom. The smallest absolute Gasteiger partial charge is 0.376 e. The molecule has 10 heteroatoms. The molecular weight excluding hydrogens is 395 g/mol. The number of anilines is 1. The van der Waals surface area contributed by atoms with Gasteiger partial charge in [0.1, 0.15) is 11.4 Å². The third kappa shape index (κ3) is 4.29. The van der Waals surface area contributed by atoms with E-state index in [4.69, 9.17) is 27.9 Å². The molecule has 0 bridgehead atoms. The van der Waals surface area contributed by atoms with Crippen LogP contribution in [-0.2, 0) is 0 Å². The van der Waals surface area contributed by atoms with Gasteiger partial charge in [-0.1, -0.05) is 29.3 Å². The zero-order valence-electron chi connectivity index (χ0n) is 13.9. The second-order valence-corrected chi connectivity index (χ2v) is 6.35. The topological polar surface area (TPSA) is 98.8 Å². The van der Waals surface area contributed by atoms with E-state index < -0.39 is 16.2 Å². The molecule has 0 amide bonds. The van der Waals surface area contributed by atoms with Crippen LogP contribution in [0.3, 0.4) is 0 Å². The van der Waals surface area contributed by atoms with Crippen molar-refractivity contribution in [1.29, 1.82) is 0 Å². The number of ether oxygens (including phenoxy) is 1. The Kier molecular flexibility index (Phi) is 5.78. The van der Waals surface area contributed by atoms with Crippen molar-refractivity contribution in [3.63, 3.8) is 0 Å². The molecule has 0 radical (unpaired) electrons. The number of nitrogens with zero attached hydrogens (tertiary/aromatic N) is 3. The second kappa shape index (κ2) is 8.24. The number of halogens is 2. The minimum atomic E-state index is -0.739. The molecule has 0 aliphatic heterocycles. The highest BCUT2D eigenvalue weighted by molar-refractivity contribution is 6.35. The SMILES string of the molecule is O=c1c([N+](=O)[O-])c(NCCCOc2ccc(Cl)cc2Cl)nc2ccccn12. The molecule has 1 aromatic carbocycles. The summed E-state index contributed by atoms with van der Waals surface area (Å²) in [4.78, 5) is 27.0. The Balaban J connectivity index is 1.67. The third-order valence-electron chi connectivity index (χ3n) is 3.66. The predicted octanol–water partition coefficient (Wildman–Crippen LogP) is 3.79. The number of hydrogen-bond donors (Lipinski definition) is 1. The molecule has 1 N–H and O–H groups in total. The molecule has 0 spiro atoms. The van der Waals surface area contributed by atoms with E-state index in [1.165, 1.54) is 6.20 Å². The van der Waals surface area contributed by atoms with Crippen molar-refractivity contribution in [3.8, 4) is 5.75 Å². The van der Waals surface area contributed by atoms with Crippen LogP contribution in [0.4, 0.5) is 11.5 Å². The monoisotopic (exact) mass is 408 g/mol. The Morgan fingerprint density at radius 2 is 2.07 bits per heavy atom. The van der Waals surface area contributed by atoms with E-state index in [0.29, 0.717) is 41.0 Å². The lowest BCUT2D eigenvalue weighted by molar-refractivity contribution is -0.385. The lowest BCUT2D eigenvalue weighted by Crippen LogP contribution is -2.21. The Bertz CT molecular complexity index is 1050. The van der Waals surface area contributed by atoms with E-state index in [1.807, 2.05) is 0 Å². The van der Waals surface area contributed by atoms with Gasteiger partial charge in [-0.3, -0.25) is 19.3 Å². The van der Waals surface area contributed by atoms with Crippen molar-refractivity contribution >= 4 is 40.4 Å². The van der Waals surface area contributed by atoms with Crippen LogP contribution in [-0.4, -0.2) is 27.5 Å². The van der Waals surface area contributed by atoms with E-state index in [1.54, 1.807) is 36.4 Å². The molecule has 27 heavy (non-hydrogen) atoms. The van der Waals surface area contributed by atoms with Crippen molar-refractivity contribution in [1.82, 2.24) is 9.38 Å². The average molecular weight is 409 g/mol. The molecule has 0 aliphatic rings. The van der Waals surface area contributed by atoms with Crippen LogP contribution in [0.15, 0.2) is 47.4 Å². The zero-order valence-corrected chi connectivity index (χ0v) is 15.4. The summed E-state index contributed by atoms with van der Waals surface area (Å²) in [7, 11) is 0. The van der Waals surface area contributed by atoms with Crippen molar-refractivity contribution in [2.24, 2.45) is 0 Å². The number of nitro groups is 1. The van der Waals surface area contributed by atoms with E-state index in [0.717, 1.165) is 4.40 Å². The normalized spacial score (nSPS) is 10.7. The first-order chi connectivity index (χ1) is 13.0. The highest BCUT2D eigenvalue weighted by Crippen LogP contribution is 2.27. The number of pyridine rings is 1. The first-order valence-corrected chi connectivity index (χ1v) is 8.70. The highest BCUT2D eigenvalue weighted by atomic mass is 35.5. The van der Waals surface area contributed by atoms with Gasteiger partial charge >= 0.3 is 11.2 Å². The maximum absolute atomic E-state index is 12.3. The summed E-state index contributed by atoms with van der Waals surface area (Å²) in [5.41, 5.74) is -1.02. The molecule has 140 valence electrons. The first-order valence-electron chi connectivity index (χ1n) is 7.95. The van der Waals surface area contributed by atoms with Gasteiger partial charge in [-0.05, 0) is 36.8 Å². The predicted molar refractivity (Wildman–Crippen MR) is 103 cm³/mol. The van der Waals surface area contributed by atoms with Crippen LogP contribution in [0.5, 0.6) is 5.75 Å². The van der Waals surface area contributed by atoms with Crippen LogP contribution in [0, 0.1) is 10.1 Å². The van der Waals surface area contributed by atoms with E-state index in [2.05, 4.69) is 10.3 Å². The first kappa shape index (κ1) is 18.9. The molecule has 8 nitrogen and oxygen atoms in total. The zero-order chi connectivity index (χ0) is 19.4. The van der Waals surface area contributed by atoms with Crippen molar-refractivity contribution in [2.45, 2.75) is 6.42 Å². The molecular formula is C17H14Cl2N4O4. The lowest BCUT2D eigenvalue weighted by Gasteiger charge is -2.10. The van der Waals surface area contributed by atoms with E-state index in [9.17, 15) is 14.9 Å². The summed E-state index contributed by atoms with van der Waals surface area (Å²) in [5.74, 6) is 0.426. The van der Waals surface area contributed by atoms with Crippen LogP contribution >= 0.6 is 23.2 Å². The van der Waals surface area contributed by atoms with Crippen LogP contribution < -0.4 is 15.6 Å². The summed E-state index contributed by atoms with van der Waals surface area (Å²) in [6, 6.07) is 9.80. The fourth-order valence-corrected chi connectivity index (χ4v) is 2.88. The number of hydrogen-bond acceptors (Lipinski definition) is 6. The Hall–Kier alpha value is -2.84. The number of aromatic nitrogens is 2. The molecule has 2 aromatic heterocycles. The number of nitrogens with one attached hydrogen (secondary N) is 1. The molecule has 0 unspecified atom stereocenters. The fraction of sp³-hybridized carbons (Fsp3) is 0.176. The molecule has 0 saturated carbocycles. The lowest BCUT2D eigenvalue weighted by atomic mass is 10.3. The average Bonchev–Trinajstić information content (AvgIpc) is 2.63. The Labute approximate surface area is 163 Å². The largest absolute Gasteiger partial charge is 0.492 e. The maximum Gasteiger partial charge on any atom is 0.376 e. The molecule has 3 aromatic rings. The summed E-state index contributed by atoms with van der Waals surface area (Å²) in [6.07, 6.45) is 1.94. The fourth-order valence-electron chi connectivity index (χ4n) is 2.42. The molecule has 3 rings (SSSR count). The van der Waals surface area contributed by atoms with Gasteiger partial charge in [0.25, 0.3) is 0 Å². The van der Waals surface area contributed by atoms with E-state index in [-0.39, 0.29) is 5.82 Å². The van der Waals surface area contributed by atoms with Gasteiger partial charge in [0, 0.05) is 17.8 Å². The Morgan fingerprint density at radius 3 is 2.81 bits per heavy atom. The van der Waals surface area contributed by atoms with Crippen molar-refractivity contribution in [3.05, 3.63) is 73.1 Å². The van der Waals surface area contributed by atoms with Gasteiger partial charge in [-0.2, -0.15) is 0 Å². The number of fused-ring (bicyclic) bond motifs is 1. The number of benzene rings is 1. The minimum Gasteiger partial charge on any atom is -0.492 e. The second-order valence-electron chi connectivity index (χ2n) is 5.50. The van der Waals surface area contributed by atoms with Gasteiger partial charge in [0.15, 0.2) is 0 Å². The summed E-state index contributed by atoms with van der Waals surface area (Å²) in [6.45, 7) is 0.635. The summed E-state index contributed by atoms with van der Waals surface area (Å²) in [5, 5.41) is 15.0. The summed E-state index contributed by atoms with van der Waals surface area (Å²) < 4.78 is 6.68. The minimum absolute atomic E-state index is 0.0688. The molecule has 0 atom stereocenters. The number of rotatable bonds is 7. The van der Waals surface area contributed by atoms with Gasteiger partial charge in [-0.15, -0.1) is 0 Å². The molecule has 0 aliphatic carbocycles. The van der Waals surface area contributed by atoms with Crippen molar-refractivity contribution in [2.75, 3.05) is 18.5 Å². The molecule has 0 saturated heterocycles. The van der Waals surface area contributed by atoms with Gasteiger partial charge in [-0.25, -0.2) is 4.98 Å². The van der Waals surface area contributed by atoms with Crippen LogP contribution in [0.1, 0.15) is 6.42 Å². The molecule has 2 heterocycles. The van der Waals surface area contributed by atoms with Crippen molar-refractivity contribution < 1.29 is 9.66 Å². The van der Waals surface area contributed by atoms with Crippen LogP contribution in [0.2, 0.25) is 10.0 Å². The van der Waals surface area contributed by atoms with Crippen LogP contribution in [0.25, 0.3) is 5.65 Å². The maximum atomic E-state index is 12.3. The molecule has 0 fully saturated rings. The van der Waals surface area contributed by atoms with Gasteiger partial charge in [0.2, 0.25) is 5.82 Å². The summed E-state index contributed by atoms with van der Waals surface area (Å²) >= 11 is 11.8. The third-order valence-corrected chi connectivity index (χ3v) is 4.19. The van der Waals surface area contributed by atoms with Gasteiger partial charge in [0.05, 0.1) is 16.6 Å². The highest BCUT2D eigenvalue weighted by Gasteiger charge is 2.23.